The van der Waals surface area contributed by atoms with Crippen molar-refractivity contribution in [1.82, 2.24) is 9.97 Å². The van der Waals surface area contributed by atoms with Crippen molar-refractivity contribution in [3.63, 3.8) is 0 Å². The van der Waals surface area contributed by atoms with Gasteiger partial charge in [-0.1, -0.05) is 66.7 Å². The van der Waals surface area contributed by atoms with Gasteiger partial charge in [-0.3, -0.25) is 9.97 Å². The lowest BCUT2D eigenvalue weighted by Gasteiger charge is -2.21. The van der Waals surface area contributed by atoms with Crippen molar-refractivity contribution in [1.29, 1.82) is 0 Å². The van der Waals surface area contributed by atoms with Crippen LogP contribution in [0.1, 0.15) is 0 Å². The van der Waals surface area contributed by atoms with Crippen molar-refractivity contribution >= 4 is 34.7 Å². The summed E-state index contributed by atoms with van der Waals surface area (Å²) < 4.78 is 26.2. The van der Waals surface area contributed by atoms with Crippen LogP contribution >= 0.6 is 7.60 Å². The van der Waals surface area contributed by atoms with Crippen molar-refractivity contribution in [3.05, 3.63) is 128 Å². The monoisotopic (exact) mass is 488 g/mol. The molecule has 4 aromatic carbocycles. The maximum atomic E-state index is 14.2. The Morgan fingerprint density at radius 3 is 1.94 bits per heavy atom. The molecule has 2 aromatic heterocycles. The summed E-state index contributed by atoms with van der Waals surface area (Å²) in [5, 5.41) is 2.48. The molecule has 174 valence electrons. The van der Waals surface area contributed by atoms with E-state index in [-0.39, 0.29) is 0 Å². The van der Waals surface area contributed by atoms with Crippen LogP contribution in [0.15, 0.2) is 128 Å². The van der Waals surface area contributed by atoms with Crippen LogP contribution in [0.4, 0.5) is 0 Å². The van der Waals surface area contributed by atoms with Crippen molar-refractivity contribution in [2.45, 2.75) is 0 Å². The van der Waals surface area contributed by atoms with E-state index in [0.29, 0.717) is 16.8 Å². The fourth-order valence-corrected chi connectivity index (χ4v) is 5.73. The minimum atomic E-state index is -3.77. The van der Waals surface area contributed by atoms with Gasteiger partial charge in [-0.2, -0.15) is 0 Å². The van der Waals surface area contributed by atoms with Gasteiger partial charge in [0, 0.05) is 28.7 Å². The first-order valence-electron chi connectivity index (χ1n) is 11.5. The van der Waals surface area contributed by atoms with E-state index in [9.17, 15) is 4.57 Å². The fourth-order valence-electron chi connectivity index (χ4n) is 4.11. The van der Waals surface area contributed by atoms with E-state index in [0.717, 1.165) is 32.9 Å². The predicted molar refractivity (Wildman–Crippen MR) is 144 cm³/mol. The van der Waals surface area contributed by atoms with Crippen LogP contribution in [0.25, 0.3) is 32.9 Å². The van der Waals surface area contributed by atoms with Gasteiger partial charge in [0.25, 0.3) is 0 Å². The lowest BCUT2D eigenvalue weighted by molar-refractivity contribution is 0.399. The molecule has 6 aromatic rings. The van der Waals surface area contributed by atoms with E-state index >= 15 is 0 Å². The molecule has 0 saturated heterocycles. The Morgan fingerprint density at radius 2 is 1.22 bits per heavy atom. The van der Waals surface area contributed by atoms with Gasteiger partial charge >= 0.3 is 7.60 Å². The molecule has 0 radical (unpaired) electrons. The van der Waals surface area contributed by atoms with Gasteiger partial charge in [0.05, 0.1) is 16.3 Å². The molecule has 0 aliphatic rings. The van der Waals surface area contributed by atoms with Crippen LogP contribution in [-0.2, 0) is 4.57 Å². The van der Waals surface area contributed by atoms with Gasteiger partial charge in [0.2, 0.25) is 0 Å². The first-order chi connectivity index (χ1) is 17.7. The Morgan fingerprint density at radius 1 is 0.556 bits per heavy atom. The molecule has 0 unspecified atom stereocenters. The van der Waals surface area contributed by atoms with Crippen LogP contribution in [0.2, 0.25) is 0 Å². The Labute approximate surface area is 208 Å². The summed E-state index contributed by atoms with van der Waals surface area (Å²) in [5.41, 5.74) is 3.47. The normalized spacial score (nSPS) is 11.4. The number of nitrogens with zero attached hydrogens (tertiary/aromatic N) is 2. The highest BCUT2D eigenvalue weighted by Gasteiger charge is 2.31. The zero-order valence-corrected chi connectivity index (χ0v) is 20.1. The van der Waals surface area contributed by atoms with Gasteiger partial charge in [0.1, 0.15) is 11.5 Å². The molecule has 6 heteroatoms. The summed E-state index contributed by atoms with van der Waals surface area (Å²) in [7, 11) is -3.77. The molecule has 36 heavy (non-hydrogen) atoms. The van der Waals surface area contributed by atoms with Crippen molar-refractivity contribution in [3.8, 4) is 22.6 Å². The smallest absolute Gasteiger partial charge is 0.413 e. The molecule has 2 heterocycles. The molecule has 0 aliphatic heterocycles. The van der Waals surface area contributed by atoms with Crippen molar-refractivity contribution in [2.24, 2.45) is 0 Å². The van der Waals surface area contributed by atoms with Crippen LogP contribution in [-0.4, -0.2) is 9.97 Å². The van der Waals surface area contributed by atoms with Gasteiger partial charge < -0.3 is 9.05 Å². The summed E-state index contributed by atoms with van der Waals surface area (Å²) in [6, 6.07) is 35.6. The van der Waals surface area contributed by atoms with Gasteiger partial charge in [-0.05, 0) is 54.1 Å². The Hall–Kier alpha value is -4.47. The third-order valence-electron chi connectivity index (χ3n) is 5.86. The van der Waals surface area contributed by atoms with Gasteiger partial charge in [-0.25, -0.2) is 4.57 Å². The molecule has 0 spiro atoms. The largest absolute Gasteiger partial charge is 0.462 e. The molecule has 0 N–H and O–H groups in total. The first-order valence-corrected chi connectivity index (χ1v) is 13.1. The summed E-state index contributed by atoms with van der Waals surface area (Å²) >= 11 is 0. The maximum absolute atomic E-state index is 14.2. The summed E-state index contributed by atoms with van der Waals surface area (Å²) in [4.78, 5) is 9.22. The van der Waals surface area contributed by atoms with E-state index < -0.39 is 7.60 Å². The lowest BCUT2D eigenvalue weighted by atomic mass is 10.0. The van der Waals surface area contributed by atoms with E-state index in [4.69, 9.17) is 14.0 Å². The number of aromatic nitrogens is 2. The second kappa shape index (κ2) is 9.29. The third kappa shape index (κ3) is 4.33. The summed E-state index contributed by atoms with van der Waals surface area (Å²) in [6.45, 7) is 0. The SMILES string of the molecule is O=P(Oc1ccccc1)(Oc1ccccc1)c1cccc(-c2cnc3c(ccc4cccnc43)c2)c1. The first kappa shape index (κ1) is 22.0. The Balaban J connectivity index is 1.42. The van der Waals surface area contributed by atoms with Crippen molar-refractivity contribution < 1.29 is 13.6 Å². The second-order valence-electron chi connectivity index (χ2n) is 8.29. The summed E-state index contributed by atoms with van der Waals surface area (Å²) in [6.07, 6.45) is 3.59. The van der Waals surface area contributed by atoms with Gasteiger partial charge in [0.15, 0.2) is 0 Å². The van der Waals surface area contributed by atoms with E-state index in [1.54, 1.807) is 36.5 Å². The third-order valence-corrected chi connectivity index (χ3v) is 7.67. The fraction of sp³-hybridized carbons (Fsp3) is 0. The number of para-hydroxylation sites is 2. The van der Waals surface area contributed by atoms with Gasteiger partial charge in [-0.15, -0.1) is 0 Å². The molecule has 0 atom stereocenters. The molecule has 0 fully saturated rings. The standard InChI is InChI=1S/C30H21N2O3P/c33-36(34-26-11-3-1-4-12-26,35-27-13-5-2-6-14-27)28-15-7-9-23(20-28)25-19-24-17-16-22-10-8-18-31-29(22)30(24)32-21-25/h1-21H. The maximum Gasteiger partial charge on any atom is 0.462 e. The average molecular weight is 488 g/mol. The molecule has 0 amide bonds. The predicted octanol–water partition coefficient (Wildman–Crippen LogP) is 7.43. The lowest BCUT2D eigenvalue weighted by Crippen LogP contribution is -2.15. The molecule has 0 aliphatic carbocycles. The Bertz CT molecular complexity index is 1680. The second-order valence-corrected chi connectivity index (χ2v) is 10.2. The Kier molecular flexibility index (Phi) is 5.68. The highest BCUT2D eigenvalue weighted by molar-refractivity contribution is 7.63. The van der Waals surface area contributed by atoms with Crippen LogP contribution < -0.4 is 14.4 Å². The molecule has 0 bridgehead atoms. The van der Waals surface area contributed by atoms with Crippen LogP contribution in [0.5, 0.6) is 11.5 Å². The van der Waals surface area contributed by atoms with E-state index in [2.05, 4.69) is 11.1 Å². The number of hydrogen-bond acceptors (Lipinski definition) is 5. The zero-order valence-electron chi connectivity index (χ0n) is 19.2. The number of benzene rings is 4. The number of hydrogen-bond donors (Lipinski definition) is 0. The number of fused-ring (bicyclic) bond motifs is 3. The minimum absolute atomic E-state index is 0.452. The summed E-state index contributed by atoms with van der Waals surface area (Å²) in [5.74, 6) is 0.933. The molecule has 0 saturated carbocycles. The topological polar surface area (TPSA) is 61.3 Å². The van der Waals surface area contributed by atoms with Crippen molar-refractivity contribution in [2.75, 3.05) is 0 Å². The minimum Gasteiger partial charge on any atom is -0.413 e. The van der Waals surface area contributed by atoms with E-state index in [1.807, 2.05) is 85.1 Å². The molecular weight excluding hydrogens is 467 g/mol. The van der Waals surface area contributed by atoms with E-state index in [1.165, 1.54) is 0 Å². The van der Waals surface area contributed by atoms with Crippen LogP contribution in [0.3, 0.4) is 0 Å². The zero-order chi connectivity index (χ0) is 24.4. The van der Waals surface area contributed by atoms with Crippen LogP contribution in [0, 0.1) is 0 Å². The highest BCUT2D eigenvalue weighted by Crippen LogP contribution is 2.48. The molecule has 6 rings (SSSR count). The molecule has 5 nitrogen and oxygen atoms in total. The quantitative estimate of drug-likeness (QED) is 0.180. The number of pyridine rings is 2. The number of rotatable bonds is 6. The average Bonchev–Trinajstić information content (AvgIpc) is 2.94. The molecular formula is C30H21N2O3P. The highest BCUT2D eigenvalue weighted by atomic mass is 31.2.